The third kappa shape index (κ3) is 1.46. The van der Waals surface area contributed by atoms with Gasteiger partial charge in [-0.15, -0.1) is 0 Å². The molecule has 0 saturated heterocycles. The van der Waals surface area contributed by atoms with E-state index in [0.29, 0.717) is 5.69 Å². The molecular weight excluding hydrogens is 214 g/mol. The van der Waals surface area contributed by atoms with Gasteiger partial charge in [0.05, 0.1) is 11.2 Å². The first-order valence-corrected chi connectivity index (χ1v) is 5.68. The van der Waals surface area contributed by atoms with Gasteiger partial charge < -0.3 is 5.11 Å². The molecule has 0 radical (unpaired) electrons. The highest BCUT2D eigenvalue weighted by Gasteiger charge is 2.19. The zero-order valence-corrected chi connectivity index (χ0v) is 10.9. The molecule has 1 heterocycles. The van der Waals surface area contributed by atoms with Crippen molar-refractivity contribution < 1.29 is 9.90 Å². The van der Waals surface area contributed by atoms with Crippen molar-refractivity contribution in [2.45, 2.75) is 34.6 Å². The highest BCUT2D eigenvalue weighted by atomic mass is 16.3. The van der Waals surface area contributed by atoms with Gasteiger partial charge in [-0.05, 0) is 50.5 Å². The number of hydrogen-bond donors (Lipinski definition) is 1. The Morgan fingerprint density at radius 2 is 1.76 bits per heavy atom. The van der Waals surface area contributed by atoms with Crippen molar-refractivity contribution in [3.05, 3.63) is 28.5 Å². The van der Waals surface area contributed by atoms with Crippen molar-refractivity contribution in [3.8, 4) is 5.75 Å². The Bertz CT molecular complexity index is 636. The fraction of sp³-hybridized carbons (Fsp3) is 0.357. The maximum atomic E-state index is 11.7. The van der Waals surface area contributed by atoms with E-state index in [9.17, 15) is 9.90 Å². The number of rotatable bonds is 0. The molecular formula is C14H17NO2. The summed E-state index contributed by atoms with van der Waals surface area (Å²) < 4.78 is 1.57. The Hall–Kier alpha value is -1.77. The second kappa shape index (κ2) is 3.62. The van der Waals surface area contributed by atoms with E-state index in [1.165, 1.54) is 6.92 Å². The summed E-state index contributed by atoms with van der Waals surface area (Å²) in [5.41, 5.74) is 4.75. The normalized spacial score (nSPS) is 11.1. The highest BCUT2D eigenvalue weighted by Crippen LogP contribution is 2.36. The van der Waals surface area contributed by atoms with Crippen LogP contribution >= 0.6 is 0 Å². The monoisotopic (exact) mass is 231 g/mol. The molecule has 2 rings (SSSR count). The van der Waals surface area contributed by atoms with Crippen LogP contribution in [-0.2, 0) is 0 Å². The van der Waals surface area contributed by atoms with E-state index in [-0.39, 0.29) is 11.7 Å². The van der Waals surface area contributed by atoms with E-state index in [1.807, 2.05) is 26.8 Å². The lowest BCUT2D eigenvalue weighted by Gasteiger charge is -2.08. The van der Waals surface area contributed by atoms with Gasteiger partial charge in [-0.2, -0.15) is 0 Å². The van der Waals surface area contributed by atoms with Crippen LogP contribution in [0.25, 0.3) is 10.9 Å². The van der Waals surface area contributed by atoms with Gasteiger partial charge in [-0.25, -0.2) is 0 Å². The molecule has 3 nitrogen and oxygen atoms in total. The second-order valence-electron chi connectivity index (χ2n) is 4.63. The molecule has 1 N–H and O–H groups in total. The number of nitrogens with zero attached hydrogens (tertiary/aromatic N) is 1. The van der Waals surface area contributed by atoms with Crippen molar-refractivity contribution in [2.75, 3.05) is 0 Å². The molecule has 0 amide bonds. The van der Waals surface area contributed by atoms with Crippen LogP contribution in [0, 0.1) is 27.7 Å². The summed E-state index contributed by atoms with van der Waals surface area (Å²) in [6, 6.07) is 1.96. The predicted octanol–water partition coefficient (Wildman–Crippen LogP) is 3.24. The predicted molar refractivity (Wildman–Crippen MR) is 68.9 cm³/mol. The van der Waals surface area contributed by atoms with Crippen LogP contribution < -0.4 is 0 Å². The van der Waals surface area contributed by atoms with Crippen molar-refractivity contribution >= 4 is 16.8 Å². The summed E-state index contributed by atoms with van der Waals surface area (Å²) in [5, 5.41) is 10.9. The summed E-state index contributed by atoms with van der Waals surface area (Å²) in [5.74, 6) is 0.145. The number of carbonyl (C=O) groups is 1. The number of carbonyl (C=O) groups excluding carboxylic acids is 1. The van der Waals surface area contributed by atoms with Crippen molar-refractivity contribution in [1.29, 1.82) is 0 Å². The smallest absolute Gasteiger partial charge is 0.228 e. The van der Waals surface area contributed by atoms with E-state index in [4.69, 9.17) is 0 Å². The van der Waals surface area contributed by atoms with E-state index in [2.05, 4.69) is 0 Å². The highest BCUT2D eigenvalue weighted by molar-refractivity contribution is 5.99. The Labute approximate surface area is 101 Å². The fourth-order valence-corrected chi connectivity index (χ4v) is 2.41. The number of aromatic nitrogens is 1. The third-order valence-electron chi connectivity index (χ3n) is 3.61. The molecule has 0 aliphatic carbocycles. The lowest BCUT2D eigenvalue weighted by molar-refractivity contribution is 0.0939. The Balaban J connectivity index is 3.06. The molecule has 0 aliphatic heterocycles. The van der Waals surface area contributed by atoms with E-state index in [1.54, 1.807) is 11.5 Å². The zero-order chi connectivity index (χ0) is 12.9. The Kier molecular flexibility index (Phi) is 2.49. The van der Waals surface area contributed by atoms with Gasteiger partial charge in [-0.3, -0.25) is 9.36 Å². The van der Waals surface area contributed by atoms with Gasteiger partial charge in [0.1, 0.15) is 5.75 Å². The quantitative estimate of drug-likeness (QED) is 0.756. The van der Waals surface area contributed by atoms with Gasteiger partial charge >= 0.3 is 0 Å². The van der Waals surface area contributed by atoms with Crippen LogP contribution in [0.1, 0.15) is 34.1 Å². The first-order valence-electron chi connectivity index (χ1n) is 5.68. The lowest BCUT2D eigenvalue weighted by atomic mass is 10.00. The topological polar surface area (TPSA) is 42.2 Å². The summed E-state index contributed by atoms with van der Waals surface area (Å²) in [6.45, 7) is 9.31. The zero-order valence-electron chi connectivity index (χ0n) is 10.9. The molecule has 0 bridgehead atoms. The fourth-order valence-electron chi connectivity index (χ4n) is 2.41. The van der Waals surface area contributed by atoms with Gasteiger partial charge in [0.15, 0.2) is 0 Å². The number of fused-ring (bicyclic) bond motifs is 1. The number of aromatic hydroxyl groups is 1. The molecule has 2 aromatic rings. The van der Waals surface area contributed by atoms with Gasteiger partial charge in [0, 0.05) is 12.3 Å². The lowest BCUT2D eigenvalue weighted by Crippen LogP contribution is -2.07. The van der Waals surface area contributed by atoms with E-state index >= 15 is 0 Å². The number of benzene rings is 1. The van der Waals surface area contributed by atoms with Crippen LogP contribution in [0.5, 0.6) is 5.75 Å². The summed E-state index contributed by atoms with van der Waals surface area (Å²) in [7, 11) is 0. The minimum absolute atomic E-state index is 0.0737. The first-order chi connectivity index (χ1) is 7.86. The Morgan fingerprint density at radius 1 is 1.18 bits per heavy atom. The molecule has 0 atom stereocenters. The molecule has 0 aliphatic rings. The average molecular weight is 231 g/mol. The van der Waals surface area contributed by atoms with Gasteiger partial charge in [0.2, 0.25) is 5.91 Å². The summed E-state index contributed by atoms with van der Waals surface area (Å²) in [6.07, 6.45) is 0. The van der Waals surface area contributed by atoms with Crippen molar-refractivity contribution in [1.82, 2.24) is 4.57 Å². The number of hydrogen-bond acceptors (Lipinski definition) is 2. The minimum atomic E-state index is -0.0737. The molecule has 0 unspecified atom stereocenters. The molecule has 90 valence electrons. The molecule has 3 heteroatoms. The van der Waals surface area contributed by atoms with Crippen molar-refractivity contribution in [2.24, 2.45) is 0 Å². The maximum Gasteiger partial charge on any atom is 0.228 e. The SMILES string of the molecule is CC(=O)n1c(C)c(O)c2c(C)c(C)c(C)cc21. The summed E-state index contributed by atoms with van der Waals surface area (Å²) in [4.78, 5) is 11.7. The molecule has 1 aromatic carbocycles. The van der Waals surface area contributed by atoms with Crippen LogP contribution in [-0.4, -0.2) is 15.6 Å². The van der Waals surface area contributed by atoms with Gasteiger partial charge in [0.25, 0.3) is 0 Å². The third-order valence-corrected chi connectivity index (χ3v) is 3.61. The minimum Gasteiger partial charge on any atom is -0.505 e. The largest absolute Gasteiger partial charge is 0.505 e. The molecule has 1 aromatic heterocycles. The van der Waals surface area contributed by atoms with Crippen LogP contribution in [0.4, 0.5) is 0 Å². The summed E-state index contributed by atoms with van der Waals surface area (Å²) >= 11 is 0. The van der Waals surface area contributed by atoms with Crippen LogP contribution in [0.2, 0.25) is 0 Å². The standard InChI is InChI=1S/C14H17NO2/c1-7-6-12-13(9(3)8(7)2)14(17)10(4)15(12)11(5)16/h6,17H,1-5H3. The van der Waals surface area contributed by atoms with E-state index in [0.717, 1.165) is 27.6 Å². The average Bonchev–Trinajstić information content (AvgIpc) is 2.48. The van der Waals surface area contributed by atoms with Gasteiger partial charge in [-0.1, -0.05) is 0 Å². The maximum absolute atomic E-state index is 11.7. The molecule has 0 fully saturated rings. The Morgan fingerprint density at radius 3 is 2.29 bits per heavy atom. The second-order valence-corrected chi connectivity index (χ2v) is 4.63. The number of aryl methyl sites for hydroxylation is 2. The molecule has 0 spiro atoms. The van der Waals surface area contributed by atoms with Crippen molar-refractivity contribution in [3.63, 3.8) is 0 Å². The van der Waals surface area contributed by atoms with Crippen LogP contribution in [0.3, 0.4) is 0 Å². The van der Waals surface area contributed by atoms with E-state index < -0.39 is 0 Å². The molecule has 0 saturated carbocycles. The van der Waals surface area contributed by atoms with Crippen LogP contribution in [0.15, 0.2) is 6.07 Å². The first kappa shape index (κ1) is 11.7. The molecule has 17 heavy (non-hydrogen) atoms.